The van der Waals surface area contributed by atoms with E-state index in [4.69, 9.17) is 10.5 Å². The van der Waals surface area contributed by atoms with Gasteiger partial charge in [-0.15, -0.1) is 11.3 Å². The number of pyridine rings is 1. The molecule has 3 heterocycles. The minimum atomic E-state index is -0.327. The maximum absolute atomic E-state index is 13.5. The molecular formula is C28H27N5O3S. The molecule has 4 aromatic rings. The molecule has 2 aromatic heterocycles. The van der Waals surface area contributed by atoms with E-state index in [1.54, 1.807) is 11.1 Å². The van der Waals surface area contributed by atoms with E-state index in [9.17, 15) is 9.59 Å². The number of urea groups is 1. The third-order valence-corrected chi connectivity index (χ3v) is 7.99. The average Bonchev–Trinajstić information content (AvgIpc) is 3.25. The number of hydrogen-bond acceptors (Lipinski definition) is 6. The Balaban J connectivity index is 1.33. The highest BCUT2D eigenvalue weighted by Gasteiger charge is 2.34. The zero-order valence-corrected chi connectivity index (χ0v) is 21.2. The molecule has 0 unspecified atom stereocenters. The molecule has 2 atom stereocenters. The van der Waals surface area contributed by atoms with E-state index in [1.165, 1.54) is 11.3 Å². The van der Waals surface area contributed by atoms with Crippen LogP contribution in [0.25, 0.3) is 10.2 Å². The van der Waals surface area contributed by atoms with Gasteiger partial charge < -0.3 is 21.1 Å². The number of thiophene rings is 1. The summed E-state index contributed by atoms with van der Waals surface area (Å²) in [5.41, 5.74) is 8.92. The lowest BCUT2D eigenvalue weighted by atomic mass is 9.91. The summed E-state index contributed by atoms with van der Waals surface area (Å²) in [4.78, 5) is 34.0. The lowest BCUT2D eigenvalue weighted by molar-refractivity contribution is 0.0930. The smallest absolute Gasteiger partial charge is 0.331 e. The number of rotatable bonds is 5. The van der Waals surface area contributed by atoms with Crippen LogP contribution >= 0.6 is 11.3 Å². The largest absolute Gasteiger partial charge is 0.457 e. The quantitative estimate of drug-likeness (QED) is 0.300. The van der Waals surface area contributed by atoms with Crippen molar-refractivity contribution >= 4 is 50.6 Å². The number of aromatic nitrogens is 1. The van der Waals surface area contributed by atoms with Gasteiger partial charge in [0.25, 0.3) is 5.91 Å². The molecule has 1 saturated carbocycles. The number of aryl methyl sites for hydroxylation is 1. The van der Waals surface area contributed by atoms with Gasteiger partial charge in [0.2, 0.25) is 0 Å². The van der Waals surface area contributed by atoms with Gasteiger partial charge in [-0.1, -0.05) is 18.2 Å². The first-order valence-corrected chi connectivity index (χ1v) is 13.2. The second-order valence-electron chi connectivity index (χ2n) is 9.54. The maximum Gasteiger partial charge on any atom is 0.331 e. The molecule has 2 aliphatic rings. The third kappa shape index (κ3) is 4.41. The molecular weight excluding hydrogens is 486 g/mol. The summed E-state index contributed by atoms with van der Waals surface area (Å²) in [6.07, 6.45) is 5.33. The number of amides is 3. The van der Waals surface area contributed by atoms with Gasteiger partial charge in [-0.2, -0.15) is 0 Å². The van der Waals surface area contributed by atoms with Crippen LogP contribution in [-0.2, 0) is 0 Å². The second-order valence-corrected chi connectivity index (χ2v) is 10.5. The van der Waals surface area contributed by atoms with E-state index in [0.717, 1.165) is 48.1 Å². The summed E-state index contributed by atoms with van der Waals surface area (Å²) >= 11 is 1.29. The van der Waals surface area contributed by atoms with Crippen LogP contribution in [0.3, 0.4) is 0 Å². The Morgan fingerprint density at radius 2 is 1.97 bits per heavy atom. The topological polar surface area (TPSA) is 110 Å². The van der Waals surface area contributed by atoms with Crippen molar-refractivity contribution < 1.29 is 14.3 Å². The molecule has 1 aliphatic carbocycles. The molecule has 3 amide bonds. The number of nitrogens with one attached hydrogen (secondary N) is 2. The van der Waals surface area contributed by atoms with Gasteiger partial charge in [0.05, 0.1) is 22.4 Å². The Morgan fingerprint density at radius 1 is 1.14 bits per heavy atom. The maximum atomic E-state index is 13.5. The van der Waals surface area contributed by atoms with Crippen LogP contribution in [0.15, 0.2) is 60.8 Å². The van der Waals surface area contributed by atoms with E-state index in [0.29, 0.717) is 26.8 Å². The van der Waals surface area contributed by atoms with Crippen LogP contribution in [-0.4, -0.2) is 29.0 Å². The summed E-state index contributed by atoms with van der Waals surface area (Å²) in [5.74, 6) is 1.22. The summed E-state index contributed by atoms with van der Waals surface area (Å²) in [5, 5.41) is 6.86. The highest BCUT2D eigenvalue weighted by atomic mass is 32.1. The van der Waals surface area contributed by atoms with Crippen LogP contribution < -0.4 is 26.0 Å². The Bertz CT molecular complexity index is 1500. The summed E-state index contributed by atoms with van der Waals surface area (Å²) in [6, 6.07) is 16.8. The molecule has 2 aromatic carbocycles. The number of ether oxygens (including phenoxy) is 1. The van der Waals surface area contributed by atoms with Gasteiger partial charge in [-0.25, -0.2) is 9.78 Å². The fourth-order valence-electron chi connectivity index (χ4n) is 5.16. The number of hydrogen-bond donors (Lipinski definition) is 3. The van der Waals surface area contributed by atoms with Gasteiger partial charge in [-0.05, 0) is 74.6 Å². The fourth-order valence-corrected chi connectivity index (χ4v) is 6.18. The minimum absolute atomic E-state index is 0.0381. The van der Waals surface area contributed by atoms with E-state index in [1.807, 2.05) is 61.5 Å². The first-order valence-electron chi connectivity index (χ1n) is 12.4. The van der Waals surface area contributed by atoms with E-state index >= 15 is 0 Å². The highest BCUT2D eigenvalue weighted by Crippen LogP contribution is 2.46. The number of carbonyl (C=O) groups is 2. The number of nitrogens with two attached hydrogens (primary N) is 1. The Hall–Kier alpha value is -3.95. The molecule has 6 rings (SSSR count). The lowest BCUT2D eigenvalue weighted by Crippen LogP contribution is -2.42. The number of nitrogens with zero attached hydrogens (tertiary/aromatic N) is 2. The minimum Gasteiger partial charge on any atom is -0.457 e. The molecule has 188 valence electrons. The molecule has 0 saturated heterocycles. The zero-order chi connectivity index (χ0) is 25.5. The molecule has 4 N–H and O–H groups in total. The van der Waals surface area contributed by atoms with Gasteiger partial charge in [0, 0.05) is 18.3 Å². The van der Waals surface area contributed by atoms with Crippen molar-refractivity contribution in [2.75, 3.05) is 10.2 Å². The standard InChI is InChI=1S/C28H27N5O3S/c1-16-14-20(36-19-8-3-2-4-9-19)10-11-21(16)33-22-12-13-30-27-23(22)24(32-28(33)35)25(37-27)26(34)31-18-7-5-6-17(29)15-18/h2-4,8-14,17-18H,5-7,15,29H2,1H3,(H,31,34)(H,32,35)/t17-,18+/m1/s1. The summed E-state index contributed by atoms with van der Waals surface area (Å²) in [6.45, 7) is 1.94. The second kappa shape index (κ2) is 9.49. The van der Waals surface area contributed by atoms with Crippen LogP contribution in [0.5, 0.6) is 11.5 Å². The zero-order valence-electron chi connectivity index (χ0n) is 20.4. The molecule has 8 nitrogen and oxygen atoms in total. The average molecular weight is 514 g/mol. The molecule has 0 radical (unpaired) electrons. The van der Waals surface area contributed by atoms with Crippen molar-refractivity contribution in [3.8, 4) is 11.5 Å². The third-order valence-electron chi connectivity index (χ3n) is 6.89. The van der Waals surface area contributed by atoms with Crippen molar-refractivity contribution in [3.63, 3.8) is 0 Å². The summed E-state index contributed by atoms with van der Waals surface area (Å²) in [7, 11) is 0. The predicted molar refractivity (Wildman–Crippen MR) is 146 cm³/mol. The van der Waals surface area contributed by atoms with Crippen molar-refractivity contribution in [3.05, 3.63) is 71.2 Å². The molecule has 37 heavy (non-hydrogen) atoms. The molecule has 0 spiro atoms. The number of carbonyl (C=O) groups excluding carboxylic acids is 2. The number of anilines is 3. The van der Waals surface area contributed by atoms with Gasteiger partial charge >= 0.3 is 6.03 Å². The van der Waals surface area contributed by atoms with Crippen molar-refractivity contribution in [1.82, 2.24) is 10.3 Å². The Labute approximate surface area is 218 Å². The van der Waals surface area contributed by atoms with Crippen LogP contribution in [0.1, 0.15) is 40.9 Å². The van der Waals surface area contributed by atoms with E-state index < -0.39 is 0 Å². The van der Waals surface area contributed by atoms with Crippen LogP contribution in [0.4, 0.5) is 21.9 Å². The van der Waals surface area contributed by atoms with E-state index in [-0.39, 0.29) is 24.0 Å². The van der Waals surface area contributed by atoms with Crippen molar-refractivity contribution in [2.24, 2.45) is 5.73 Å². The van der Waals surface area contributed by atoms with Crippen LogP contribution in [0, 0.1) is 6.92 Å². The van der Waals surface area contributed by atoms with Gasteiger partial charge in [0.1, 0.15) is 21.2 Å². The molecule has 1 fully saturated rings. The van der Waals surface area contributed by atoms with Crippen molar-refractivity contribution in [1.29, 1.82) is 0 Å². The molecule has 9 heteroatoms. The van der Waals surface area contributed by atoms with Crippen LogP contribution in [0.2, 0.25) is 0 Å². The van der Waals surface area contributed by atoms with Gasteiger partial charge in [-0.3, -0.25) is 9.69 Å². The number of benzene rings is 2. The molecule has 0 bridgehead atoms. The first kappa shape index (κ1) is 23.4. The van der Waals surface area contributed by atoms with Gasteiger partial charge in [0.15, 0.2) is 0 Å². The summed E-state index contributed by atoms with van der Waals surface area (Å²) < 4.78 is 5.96. The monoisotopic (exact) mass is 513 g/mol. The Morgan fingerprint density at radius 3 is 2.76 bits per heavy atom. The Kier molecular flexibility index (Phi) is 6.02. The first-order chi connectivity index (χ1) is 18.0. The van der Waals surface area contributed by atoms with Crippen molar-refractivity contribution in [2.45, 2.75) is 44.7 Å². The lowest BCUT2D eigenvalue weighted by Gasteiger charge is -2.30. The number of para-hydroxylation sites is 1. The fraction of sp³-hybridized carbons (Fsp3) is 0.250. The predicted octanol–water partition coefficient (Wildman–Crippen LogP) is 6.08. The van der Waals surface area contributed by atoms with E-state index in [2.05, 4.69) is 15.6 Å². The SMILES string of the molecule is Cc1cc(Oc2ccccc2)ccc1N1C(=O)Nc2c(C(=O)N[C@H]3CCC[C@@H](N)C3)sc3nccc1c23. The molecule has 1 aliphatic heterocycles. The normalized spacial score (nSPS) is 19.0. The highest BCUT2D eigenvalue weighted by molar-refractivity contribution is 7.21.